The second-order valence-corrected chi connectivity index (χ2v) is 21.2. The molecule has 310 valence electrons. The fourth-order valence-electron chi connectivity index (χ4n) is 11.6. The third-order valence-electron chi connectivity index (χ3n) is 13.6. The molecule has 2 aromatic carbocycles. The number of anilines is 2. The average Bonchev–Trinajstić information content (AvgIpc) is 3.84. The van der Waals surface area contributed by atoms with Gasteiger partial charge in [-0.25, -0.2) is 0 Å². The van der Waals surface area contributed by atoms with E-state index in [4.69, 9.17) is 14.2 Å². The number of carbonyl (C=O) groups is 7. The van der Waals surface area contributed by atoms with Gasteiger partial charge in [-0.2, -0.15) is 0 Å². The van der Waals surface area contributed by atoms with Crippen LogP contribution in [0, 0.1) is 0 Å². The number of nitrogens with one attached hydrogen (secondary N) is 2. The number of likely N-dealkylation sites (N-methyl/N-ethyl adjacent to an activating group) is 2. The highest BCUT2D eigenvalue weighted by Crippen LogP contribution is 2.79. The number of aliphatic hydroxyl groups excluding tert-OH is 1. The van der Waals surface area contributed by atoms with Crippen LogP contribution in [0.1, 0.15) is 45.7 Å². The lowest BCUT2D eigenvalue weighted by atomic mass is 9.52. The standard InChI is InChI=1S/C38H38N6O11S4/c1-16(53-18(3)45)35-31(51)43-27-33(21-12-8-10-14-23(21)39-27,25(48)37(43,58-56-35)29(49)41(35)6)34-22-13-9-11-15-24(22)40-28(34)44-32(52)36(17(2)54-19(4)46)42(7)30(50)38(44,59-57-36)26(34)55-20(5)47/h8-17,25-28,39-40,48H,1-7H3/t16?,17?,25-,26-,27+,28+,33+,34+,35+,36+,37-,38-/m0/s1. The topological polar surface area (TPSA) is 204 Å². The molecule has 59 heavy (non-hydrogen) atoms. The zero-order valence-corrected chi connectivity index (χ0v) is 35.8. The highest BCUT2D eigenvalue weighted by atomic mass is 33.1. The molecule has 12 atom stereocenters. The van der Waals surface area contributed by atoms with Crippen LogP contribution in [0.4, 0.5) is 11.4 Å². The van der Waals surface area contributed by atoms with Crippen molar-refractivity contribution >= 4 is 96.1 Å². The van der Waals surface area contributed by atoms with E-state index in [1.807, 2.05) is 0 Å². The van der Waals surface area contributed by atoms with Crippen LogP contribution in [0.3, 0.4) is 0 Å². The highest BCUT2D eigenvalue weighted by molar-refractivity contribution is 8.78. The number of carbonyl (C=O) groups excluding carboxylic acids is 7. The maximum Gasteiger partial charge on any atom is 0.303 e. The Kier molecular flexibility index (Phi) is 7.87. The van der Waals surface area contributed by atoms with Crippen molar-refractivity contribution in [2.24, 2.45) is 0 Å². The first kappa shape index (κ1) is 38.9. The number of ether oxygens (including phenoxy) is 3. The van der Waals surface area contributed by atoms with E-state index in [0.717, 1.165) is 43.2 Å². The summed E-state index contributed by atoms with van der Waals surface area (Å²) in [5.41, 5.74) is -1.88. The first-order valence-electron chi connectivity index (χ1n) is 18.8. The Bertz CT molecular complexity index is 2380. The molecule has 4 bridgehead atoms. The lowest BCUT2D eigenvalue weighted by Crippen LogP contribution is -2.80. The number of hydrogen-bond acceptors (Lipinski definition) is 17. The summed E-state index contributed by atoms with van der Waals surface area (Å²) in [5, 5.41) is 20.8. The Balaban J connectivity index is 1.31. The molecule has 21 heteroatoms. The van der Waals surface area contributed by atoms with Crippen molar-refractivity contribution in [3.63, 3.8) is 0 Å². The lowest BCUT2D eigenvalue weighted by Gasteiger charge is -2.60. The van der Waals surface area contributed by atoms with Crippen LogP contribution in [0.5, 0.6) is 0 Å². The molecule has 0 aromatic heterocycles. The van der Waals surface area contributed by atoms with E-state index in [2.05, 4.69) is 10.6 Å². The Morgan fingerprint density at radius 3 is 1.56 bits per heavy atom. The molecule has 17 nitrogen and oxygen atoms in total. The van der Waals surface area contributed by atoms with Gasteiger partial charge in [0, 0.05) is 46.2 Å². The van der Waals surface area contributed by atoms with Gasteiger partial charge in [0.05, 0.1) is 10.8 Å². The third-order valence-corrected chi connectivity index (χ3v) is 21.1. The molecule has 2 unspecified atom stereocenters. The maximum atomic E-state index is 15.7. The number of amides is 4. The van der Waals surface area contributed by atoms with Crippen LogP contribution in [0.25, 0.3) is 0 Å². The average molecular weight is 883 g/mol. The molecule has 10 aliphatic heterocycles. The quantitative estimate of drug-likeness (QED) is 0.215. The lowest BCUT2D eigenvalue weighted by molar-refractivity contribution is -0.180. The first-order chi connectivity index (χ1) is 27.9. The molecular formula is C38H38N6O11S4. The van der Waals surface area contributed by atoms with Gasteiger partial charge in [0.2, 0.25) is 19.5 Å². The molecule has 0 saturated carbocycles. The van der Waals surface area contributed by atoms with Crippen molar-refractivity contribution in [1.29, 1.82) is 0 Å². The van der Waals surface area contributed by atoms with Crippen LogP contribution in [0.15, 0.2) is 48.5 Å². The van der Waals surface area contributed by atoms with E-state index in [-0.39, 0.29) is 0 Å². The monoisotopic (exact) mass is 882 g/mol. The van der Waals surface area contributed by atoms with Gasteiger partial charge in [0.1, 0.15) is 30.6 Å². The molecule has 0 aliphatic carbocycles. The van der Waals surface area contributed by atoms with Crippen LogP contribution in [0.2, 0.25) is 0 Å². The Morgan fingerprint density at radius 1 is 0.644 bits per heavy atom. The molecule has 2 spiro atoms. The Labute approximate surface area is 353 Å². The fraction of sp³-hybridized carbons (Fsp3) is 0.500. The number of aliphatic hydroxyl groups is 1. The van der Waals surface area contributed by atoms with Crippen molar-refractivity contribution in [3.8, 4) is 0 Å². The minimum absolute atomic E-state index is 0.445. The van der Waals surface area contributed by atoms with Crippen molar-refractivity contribution in [1.82, 2.24) is 19.6 Å². The summed E-state index contributed by atoms with van der Waals surface area (Å²) in [6.45, 7) is 6.69. The smallest absolute Gasteiger partial charge is 0.303 e. The van der Waals surface area contributed by atoms with E-state index in [0.29, 0.717) is 22.5 Å². The molecular weight excluding hydrogens is 845 g/mol. The zero-order chi connectivity index (χ0) is 42.1. The molecule has 8 fully saturated rings. The second-order valence-electron chi connectivity index (χ2n) is 16.0. The fourth-order valence-corrected chi connectivity index (χ4v) is 19.6. The second kappa shape index (κ2) is 11.9. The number of esters is 3. The van der Waals surface area contributed by atoms with Gasteiger partial charge in [-0.1, -0.05) is 36.4 Å². The van der Waals surface area contributed by atoms with E-state index < -0.39 is 109 Å². The van der Waals surface area contributed by atoms with Gasteiger partial charge in [-0.3, -0.25) is 43.4 Å². The number of para-hydroxylation sites is 2. The summed E-state index contributed by atoms with van der Waals surface area (Å²) in [5.74, 6) is -4.63. The molecule has 3 N–H and O–H groups in total. The Morgan fingerprint density at radius 2 is 1.07 bits per heavy atom. The van der Waals surface area contributed by atoms with Gasteiger partial charge in [0.15, 0.2) is 6.10 Å². The van der Waals surface area contributed by atoms with Gasteiger partial charge in [-0.05, 0) is 80.3 Å². The summed E-state index contributed by atoms with van der Waals surface area (Å²) in [6, 6.07) is 14.1. The van der Waals surface area contributed by atoms with Crippen molar-refractivity contribution in [3.05, 3.63) is 59.7 Å². The van der Waals surface area contributed by atoms with Crippen molar-refractivity contribution in [2.45, 2.75) is 102 Å². The van der Waals surface area contributed by atoms with Crippen molar-refractivity contribution in [2.75, 3.05) is 24.7 Å². The van der Waals surface area contributed by atoms with Gasteiger partial charge in [0.25, 0.3) is 23.6 Å². The van der Waals surface area contributed by atoms with Gasteiger partial charge >= 0.3 is 17.9 Å². The summed E-state index contributed by atoms with van der Waals surface area (Å²) in [6.07, 6.45) is -8.31. The Hall–Kier alpha value is -4.31. The predicted molar refractivity (Wildman–Crippen MR) is 216 cm³/mol. The van der Waals surface area contributed by atoms with E-state index in [1.54, 1.807) is 48.5 Å². The number of benzene rings is 2. The molecule has 4 amide bonds. The maximum absolute atomic E-state index is 15.7. The number of rotatable bonds is 6. The number of nitrogens with zero attached hydrogens (tertiary/aromatic N) is 4. The molecule has 0 radical (unpaired) electrons. The summed E-state index contributed by atoms with van der Waals surface area (Å²) in [7, 11) is 6.90. The SMILES string of the molecule is CC(=O)OC(C)[C@]12SS[C@]3(C(=O)N1C)[C@@H](O)[C@]1([C@@]45c6ccccc6N[C@@H]4N4C(=O)[C@@]6(C(C)OC(C)=O)SS[C@]4(C(=O)N6C)[C@H]5OC(C)=O)c4ccccc4N[C@@H]1N3C2=O. The van der Waals surface area contributed by atoms with Gasteiger partial charge in [-0.15, -0.1) is 0 Å². The summed E-state index contributed by atoms with van der Waals surface area (Å²) >= 11 is 0. The number of piperazine rings is 2. The molecule has 10 heterocycles. The molecule has 12 rings (SSSR count). The van der Waals surface area contributed by atoms with E-state index in [9.17, 15) is 19.5 Å². The minimum Gasteiger partial charge on any atom is -0.459 e. The van der Waals surface area contributed by atoms with Crippen LogP contribution in [-0.2, 0) is 58.6 Å². The van der Waals surface area contributed by atoms with Crippen LogP contribution < -0.4 is 10.6 Å². The van der Waals surface area contributed by atoms with E-state index in [1.165, 1.54) is 68.3 Å². The minimum atomic E-state index is -2.03. The van der Waals surface area contributed by atoms with Crippen molar-refractivity contribution < 1.29 is 52.9 Å². The third kappa shape index (κ3) is 3.86. The van der Waals surface area contributed by atoms with Gasteiger partial charge < -0.3 is 39.8 Å². The van der Waals surface area contributed by atoms with Crippen LogP contribution >= 0.6 is 43.2 Å². The van der Waals surface area contributed by atoms with E-state index >= 15 is 19.2 Å². The summed E-state index contributed by atoms with van der Waals surface area (Å²) < 4.78 is 17.8. The molecule has 10 aliphatic rings. The molecule has 2 aromatic rings. The predicted octanol–water partition coefficient (Wildman–Crippen LogP) is 1.76. The summed E-state index contributed by atoms with van der Waals surface area (Å²) in [4.78, 5) is 98.1. The highest BCUT2D eigenvalue weighted by Gasteiger charge is 2.94. The number of hydrogen-bond donors (Lipinski definition) is 3. The molecule has 8 saturated heterocycles. The zero-order valence-electron chi connectivity index (χ0n) is 32.5. The largest absolute Gasteiger partial charge is 0.459 e. The van der Waals surface area contributed by atoms with Crippen LogP contribution in [-0.4, -0.2) is 137 Å². The normalized spacial score (nSPS) is 40.0. The number of fused-ring (bicyclic) bond motifs is 11. The first-order valence-corrected chi connectivity index (χ1v) is 23.1.